The van der Waals surface area contributed by atoms with Crippen molar-refractivity contribution in [1.82, 2.24) is 0 Å². The highest BCUT2D eigenvalue weighted by Crippen LogP contribution is 2.36. The Hall–Kier alpha value is -1.55. The molecule has 4 nitrogen and oxygen atoms in total. The Balaban J connectivity index is 2.18. The Bertz CT molecular complexity index is 477. The lowest BCUT2D eigenvalue weighted by molar-refractivity contribution is -0.125. The number of nitrogens with one attached hydrogen (secondary N) is 1. The summed E-state index contributed by atoms with van der Waals surface area (Å²) in [5.41, 5.74) is 6.91. The average Bonchev–Trinajstić information content (AvgIpc) is 2.69. The molecule has 1 aromatic rings. The molecule has 1 aliphatic carbocycles. The largest absolute Gasteiger partial charge is 0.506 e. The van der Waals surface area contributed by atoms with Crippen LogP contribution < -0.4 is 11.1 Å². The lowest BCUT2D eigenvalue weighted by Crippen LogP contribution is -2.42. The summed E-state index contributed by atoms with van der Waals surface area (Å²) < 4.78 is 0. The van der Waals surface area contributed by atoms with Gasteiger partial charge in [0.25, 0.3) is 0 Å². The molecule has 0 radical (unpaired) electrons. The van der Waals surface area contributed by atoms with Gasteiger partial charge in [0.15, 0.2) is 0 Å². The molecule has 1 aromatic carbocycles. The van der Waals surface area contributed by atoms with Crippen LogP contribution in [0.3, 0.4) is 0 Å². The van der Waals surface area contributed by atoms with E-state index in [0.717, 1.165) is 31.2 Å². The summed E-state index contributed by atoms with van der Waals surface area (Å²) in [5.74, 6) is 0.0487. The van der Waals surface area contributed by atoms with Crippen LogP contribution >= 0.6 is 0 Å². The Morgan fingerprint density at radius 2 is 1.95 bits per heavy atom. The number of anilines is 1. The van der Waals surface area contributed by atoms with Gasteiger partial charge in [-0.1, -0.05) is 31.7 Å². The minimum atomic E-state index is -0.479. The number of aryl methyl sites for hydroxylation is 1. The van der Waals surface area contributed by atoms with Crippen molar-refractivity contribution in [3.8, 4) is 5.75 Å². The maximum absolute atomic E-state index is 12.6. The number of hydrogen-bond donors (Lipinski definition) is 3. The highest BCUT2D eigenvalue weighted by Gasteiger charge is 2.37. The van der Waals surface area contributed by atoms with Crippen molar-refractivity contribution in [2.24, 2.45) is 11.1 Å². The van der Waals surface area contributed by atoms with Crippen LogP contribution in [0.1, 0.15) is 44.1 Å². The summed E-state index contributed by atoms with van der Waals surface area (Å²) in [5, 5.41) is 12.7. The van der Waals surface area contributed by atoms with Gasteiger partial charge in [-0.05, 0) is 37.5 Å². The van der Waals surface area contributed by atoms with Crippen LogP contribution in [0.4, 0.5) is 5.69 Å². The fourth-order valence-electron chi connectivity index (χ4n) is 2.93. The first kappa shape index (κ1) is 14.9. The second kappa shape index (κ2) is 6.27. The lowest BCUT2D eigenvalue weighted by Gasteiger charge is -2.30. The Morgan fingerprint density at radius 1 is 1.30 bits per heavy atom. The predicted octanol–water partition coefficient (Wildman–Crippen LogP) is 2.94. The Morgan fingerprint density at radius 3 is 2.55 bits per heavy atom. The SMILES string of the molecule is Cc1ccc(O)c(NC(=O)C2(CN)CCCCCC2)c1. The zero-order valence-electron chi connectivity index (χ0n) is 12.1. The summed E-state index contributed by atoms with van der Waals surface area (Å²) >= 11 is 0. The zero-order chi connectivity index (χ0) is 14.6. The van der Waals surface area contributed by atoms with E-state index >= 15 is 0 Å². The van der Waals surface area contributed by atoms with Crippen molar-refractivity contribution >= 4 is 11.6 Å². The summed E-state index contributed by atoms with van der Waals surface area (Å²) in [6, 6.07) is 5.21. The van der Waals surface area contributed by atoms with Gasteiger partial charge in [-0.3, -0.25) is 4.79 Å². The van der Waals surface area contributed by atoms with Crippen molar-refractivity contribution in [2.75, 3.05) is 11.9 Å². The van der Waals surface area contributed by atoms with Crippen molar-refractivity contribution in [3.05, 3.63) is 23.8 Å². The second-order valence-corrected chi connectivity index (χ2v) is 5.87. The molecule has 110 valence electrons. The molecule has 0 heterocycles. The monoisotopic (exact) mass is 276 g/mol. The van der Waals surface area contributed by atoms with Gasteiger partial charge >= 0.3 is 0 Å². The standard InChI is InChI=1S/C16H24N2O2/c1-12-6-7-14(19)13(10-12)18-15(20)16(11-17)8-4-2-3-5-9-16/h6-7,10,19H,2-5,8-9,11,17H2,1H3,(H,18,20). The number of hydrogen-bond acceptors (Lipinski definition) is 3. The first-order valence-electron chi connectivity index (χ1n) is 7.38. The summed E-state index contributed by atoms with van der Waals surface area (Å²) in [7, 11) is 0. The van der Waals surface area contributed by atoms with Gasteiger partial charge in [0.05, 0.1) is 11.1 Å². The van der Waals surface area contributed by atoms with Gasteiger partial charge < -0.3 is 16.2 Å². The number of phenolic OH excluding ortho intramolecular Hbond substituents is 1. The first-order chi connectivity index (χ1) is 9.57. The molecule has 20 heavy (non-hydrogen) atoms. The van der Waals surface area contributed by atoms with Crippen LogP contribution in [-0.2, 0) is 4.79 Å². The van der Waals surface area contributed by atoms with Gasteiger partial charge in [-0.25, -0.2) is 0 Å². The molecular weight excluding hydrogens is 252 g/mol. The Kier molecular flexibility index (Phi) is 4.65. The van der Waals surface area contributed by atoms with E-state index in [1.54, 1.807) is 12.1 Å². The van der Waals surface area contributed by atoms with Gasteiger partial charge in [0.1, 0.15) is 5.75 Å². The maximum atomic E-state index is 12.6. The molecule has 4 heteroatoms. The van der Waals surface area contributed by atoms with Gasteiger partial charge in [0, 0.05) is 6.54 Å². The molecule has 0 unspecified atom stereocenters. The molecule has 2 rings (SSSR count). The summed E-state index contributed by atoms with van der Waals surface area (Å²) in [4.78, 5) is 12.6. The molecule has 0 aliphatic heterocycles. The first-order valence-corrected chi connectivity index (χ1v) is 7.38. The van der Waals surface area contributed by atoms with Crippen LogP contribution in [0.5, 0.6) is 5.75 Å². The smallest absolute Gasteiger partial charge is 0.231 e. The molecule has 0 spiro atoms. The van der Waals surface area contributed by atoms with Crippen LogP contribution in [0.2, 0.25) is 0 Å². The number of phenols is 1. The highest BCUT2D eigenvalue weighted by molar-refractivity contribution is 5.96. The molecule has 1 aliphatic rings. The van der Waals surface area contributed by atoms with Crippen LogP contribution in [-0.4, -0.2) is 17.6 Å². The van der Waals surface area contributed by atoms with Gasteiger partial charge in [-0.2, -0.15) is 0 Å². The highest BCUT2D eigenvalue weighted by atomic mass is 16.3. The molecule has 1 amide bonds. The number of carbonyl (C=O) groups excluding carboxylic acids is 1. The normalized spacial score (nSPS) is 18.3. The molecular formula is C16H24N2O2. The van der Waals surface area contributed by atoms with E-state index in [0.29, 0.717) is 12.2 Å². The molecule has 0 atom stereocenters. The number of carbonyl (C=O) groups is 1. The summed E-state index contributed by atoms with van der Waals surface area (Å²) in [6.07, 6.45) is 6.11. The number of rotatable bonds is 3. The van der Waals surface area contributed by atoms with Crippen LogP contribution in [0.15, 0.2) is 18.2 Å². The van der Waals surface area contributed by atoms with Crippen molar-refractivity contribution in [3.63, 3.8) is 0 Å². The van der Waals surface area contributed by atoms with Crippen LogP contribution in [0.25, 0.3) is 0 Å². The van der Waals surface area contributed by atoms with E-state index in [4.69, 9.17) is 5.73 Å². The molecule has 1 fully saturated rings. The van der Waals surface area contributed by atoms with Crippen molar-refractivity contribution in [2.45, 2.75) is 45.4 Å². The third-order valence-corrected chi connectivity index (χ3v) is 4.33. The lowest BCUT2D eigenvalue weighted by atomic mass is 9.79. The number of nitrogens with two attached hydrogens (primary N) is 1. The quantitative estimate of drug-likeness (QED) is 0.587. The van der Waals surface area contributed by atoms with Crippen molar-refractivity contribution < 1.29 is 9.90 Å². The molecule has 0 saturated heterocycles. The maximum Gasteiger partial charge on any atom is 0.231 e. The number of amides is 1. The Labute approximate surface area is 120 Å². The van der Waals surface area contributed by atoms with Crippen molar-refractivity contribution in [1.29, 1.82) is 0 Å². The van der Waals surface area contributed by atoms with E-state index in [1.165, 1.54) is 12.8 Å². The predicted molar refractivity (Wildman–Crippen MR) is 80.7 cm³/mol. The molecule has 0 bridgehead atoms. The second-order valence-electron chi connectivity index (χ2n) is 5.87. The average molecular weight is 276 g/mol. The zero-order valence-corrected chi connectivity index (χ0v) is 12.1. The topological polar surface area (TPSA) is 75.3 Å². The molecule has 4 N–H and O–H groups in total. The fourth-order valence-corrected chi connectivity index (χ4v) is 2.93. The van der Waals surface area contributed by atoms with Gasteiger partial charge in [0.2, 0.25) is 5.91 Å². The van der Waals surface area contributed by atoms with E-state index in [9.17, 15) is 9.90 Å². The number of aromatic hydroxyl groups is 1. The number of benzene rings is 1. The minimum Gasteiger partial charge on any atom is -0.506 e. The van der Waals surface area contributed by atoms with E-state index in [-0.39, 0.29) is 11.7 Å². The van der Waals surface area contributed by atoms with E-state index in [1.807, 2.05) is 13.0 Å². The minimum absolute atomic E-state index is 0.0530. The van der Waals surface area contributed by atoms with Gasteiger partial charge in [-0.15, -0.1) is 0 Å². The van der Waals surface area contributed by atoms with Crippen LogP contribution in [0, 0.1) is 12.3 Å². The van der Waals surface area contributed by atoms with E-state index in [2.05, 4.69) is 5.32 Å². The molecule has 1 saturated carbocycles. The van der Waals surface area contributed by atoms with E-state index < -0.39 is 5.41 Å². The summed E-state index contributed by atoms with van der Waals surface area (Å²) in [6.45, 7) is 2.30. The third kappa shape index (κ3) is 3.12. The fraction of sp³-hybridized carbons (Fsp3) is 0.562. The third-order valence-electron chi connectivity index (χ3n) is 4.33. The molecule has 0 aromatic heterocycles.